The van der Waals surface area contributed by atoms with Gasteiger partial charge in [0.25, 0.3) is 5.91 Å². The molecular weight excluding hydrogens is 365 g/mol. The third-order valence-electron chi connectivity index (χ3n) is 4.04. The Morgan fingerprint density at radius 2 is 2.21 bits per heavy atom. The lowest BCUT2D eigenvalue weighted by molar-refractivity contribution is 0.0787. The Bertz CT molecular complexity index is 677. The number of hydrogen-bond donors (Lipinski definition) is 1. The van der Waals surface area contributed by atoms with Gasteiger partial charge in [0.05, 0.1) is 0 Å². The van der Waals surface area contributed by atoms with E-state index in [1.165, 1.54) is 0 Å². The van der Waals surface area contributed by atoms with Gasteiger partial charge in [0.2, 0.25) is 0 Å². The molecule has 0 aliphatic carbocycles. The second-order valence-corrected chi connectivity index (χ2v) is 6.70. The van der Waals surface area contributed by atoms with Gasteiger partial charge >= 0.3 is 0 Å². The molecule has 1 unspecified atom stereocenters. The van der Waals surface area contributed by atoms with Crippen molar-refractivity contribution in [3.05, 3.63) is 40.9 Å². The lowest BCUT2D eigenvalue weighted by atomic mass is 10.1. The number of thiazole rings is 1. The maximum absolute atomic E-state index is 12.7. The van der Waals surface area contributed by atoms with E-state index in [1.54, 1.807) is 11.3 Å². The number of carbonyl (C=O) groups is 1. The van der Waals surface area contributed by atoms with E-state index < -0.39 is 0 Å². The van der Waals surface area contributed by atoms with E-state index in [2.05, 4.69) is 10.3 Å². The number of amides is 1. The van der Waals surface area contributed by atoms with Crippen LogP contribution in [0.5, 0.6) is 0 Å². The minimum Gasteiger partial charge on any atom is -0.338 e. The van der Waals surface area contributed by atoms with Crippen molar-refractivity contribution in [2.45, 2.75) is 13.3 Å². The Hall–Kier alpha value is -1.14. The largest absolute Gasteiger partial charge is 0.338 e. The van der Waals surface area contributed by atoms with Crippen LogP contribution in [-0.2, 0) is 0 Å². The fourth-order valence-electron chi connectivity index (χ4n) is 2.93. The highest BCUT2D eigenvalue weighted by molar-refractivity contribution is 7.13. The number of halogens is 2. The molecule has 4 nitrogen and oxygen atoms in total. The van der Waals surface area contributed by atoms with Crippen molar-refractivity contribution in [3.63, 3.8) is 0 Å². The van der Waals surface area contributed by atoms with Crippen molar-refractivity contribution in [2.75, 3.05) is 26.7 Å². The van der Waals surface area contributed by atoms with Crippen LogP contribution in [0.4, 0.5) is 0 Å². The van der Waals surface area contributed by atoms with E-state index in [4.69, 9.17) is 0 Å². The third kappa shape index (κ3) is 4.70. The van der Waals surface area contributed by atoms with Gasteiger partial charge in [0.15, 0.2) is 0 Å². The predicted octanol–water partition coefficient (Wildman–Crippen LogP) is 3.64. The van der Waals surface area contributed by atoms with Gasteiger partial charge in [-0.15, -0.1) is 36.2 Å². The fraction of sp³-hybridized carbons (Fsp3) is 0.412. The van der Waals surface area contributed by atoms with Crippen LogP contribution in [0.1, 0.15) is 22.5 Å². The zero-order chi connectivity index (χ0) is 15.5. The monoisotopic (exact) mass is 387 g/mol. The lowest BCUT2D eigenvalue weighted by Crippen LogP contribution is -2.30. The maximum Gasteiger partial charge on any atom is 0.253 e. The van der Waals surface area contributed by atoms with Crippen LogP contribution in [0, 0.1) is 12.8 Å². The molecule has 1 aliphatic heterocycles. The average molecular weight is 388 g/mol. The van der Waals surface area contributed by atoms with E-state index in [0.717, 1.165) is 47.9 Å². The van der Waals surface area contributed by atoms with E-state index in [0.29, 0.717) is 5.92 Å². The molecule has 1 atom stereocenters. The Morgan fingerprint density at radius 3 is 2.88 bits per heavy atom. The normalized spacial score (nSPS) is 16.4. The fourth-order valence-corrected chi connectivity index (χ4v) is 3.72. The zero-order valence-electron chi connectivity index (χ0n) is 13.8. The smallest absolute Gasteiger partial charge is 0.253 e. The first-order chi connectivity index (χ1) is 10.7. The molecule has 132 valence electrons. The number of nitrogens with zero attached hydrogens (tertiary/aromatic N) is 2. The second-order valence-electron chi connectivity index (χ2n) is 5.84. The Balaban J connectivity index is 0.00000144. The molecule has 0 spiro atoms. The molecule has 1 fully saturated rings. The minimum atomic E-state index is 0. The number of aromatic nitrogens is 1. The van der Waals surface area contributed by atoms with Gasteiger partial charge in [0, 0.05) is 35.3 Å². The molecule has 7 heteroatoms. The molecule has 24 heavy (non-hydrogen) atoms. The number of rotatable bonds is 4. The second kappa shape index (κ2) is 9.37. The van der Waals surface area contributed by atoms with Crippen molar-refractivity contribution in [1.29, 1.82) is 0 Å². The van der Waals surface area contributed by atoms with Crippen molar-refractivity contribution in [3.8, 4) is 10.6 Å². The molecule has 1 N–H and O–H groups in total. The molecule has 1 aromatic carbocycles. The van der Waals surface area contributed by atoms with Gasteiger partial charge in [-0.25, -0.2) is 4.98 Å². The number of nitrogens with one attached hydrogen (secondary N) is 1. The number of aryl methyl sites for hydroxylation is 1. The summed E-state index contributed by atoms with van der Waals surface area (Å²) in [6.07, 6.45) is 1.08. The van der Waals surface area contributed by atoms with Gasteiger partial charge in [-0.05, 0) is 45.0 Å². The predicted molar refractivity (Wildman–Crippen MR) is 105 cm³/mol. The first kappa shape index (κ1) is 20.9. The van der Waals surface area contributed by atoms with Crippen LogP contribution in [0.3, 0.4) is 0 Å². The summed E-state index contributed by atoms with van der Waals surface area (Å²) in [5.41, 5.74) is 2.80. The molecule has 1 aliphatic rings. The highest BCUT2D eigenvalue weighted by Crippen LogP contribution is 2.25. The molecule has 1 saturated heterocycles. The topological polar surface area (TPSA) is 45.2 Å². The highest BCUT2D eigenvalue weighted by Gasteiger charge is 2.26. The van der Waals surface area contributed by atoms with Crippen molar-refractivity contribution < 1.29 is 4.79 Å². The maximum atomic E-state index is 12.7. The standard InChI is InChI=1S/C17H21N3OS.2ClH/c1-12-11-22-16(19-12)14-4-3-5-15(8-14)17(21)20-7-6-13(10-20)9-18-2;;/h3-5,8,11,13,18H,6-7,9-10H2,1-2H3;2*1H. The first-order valence-electron chi connectivity index (χ1n) is 7.64. The van der Waals surface area contributed by atoms with Crippen LogP contribution in [0.25, 0.3) is 10.6 Å². The molecule has 2 aromatic rings. The molecule has 1 aromatic heterocycles. The number of likely N-dealkylation sites (tertiary alicyclic amines) is 1. The van der Waals surface area contributed by atoms with Gasteiger partial charge in [-0.2, -0.15) is 0 Å². The van der Waals surface area contributed by atoms with E-state index >= 15 is 0 Å². The Kier molecular flexibility index (Phi) is 8.16. The molecule has 0 radical (unpaired) electrons. The van der Waals surface area contributed by atoms with Crippen LogP contribution in [0.15, 0.2) is 29.6 Å². The van der Waals surface area contributed by atoms with Crippen molar-refractivity contribution in [1.82, 2.24) is 15.2 Å². The van der Waals surface area contributed by atoms with Crippen LogP contribution in [-0.4, -0.2) is 42.5 Å². The summed E-state index contributed by atoms with van der Waals surface area (Å²) in [4.78, 5) is 19.1. The molecule has 2 heterocycles. The van der Waals surface area contributed by atoms with Crippen LogP contribution < -0.4 is 5.32 Å². The number of carbonyl (C=O) groups excluding carboxylic acids is 1. The lowest BCUT2D eigenvalue weighted by Gasteiger charge is -2.17. The van der Waals surface area contributed by atoms with Gasteiger partial charge in [0.1, 0.15) is 5.01 Å². The summed E-state index contributed by atoms with van der Waals surface area (Å²) < 4.78 is 0. The van der Waals surface area contributed by atoms with Crippen LogP contribution in [0.2, 0.25) is 0 Å². The third-order valence-corrected chi connectivity index (χ3v) is 5.05. The molecule has 3 rings (SSSR count). The zero-order valence-corrected chi connectivity index (χ0v) is 16.3. The summed E-state index contributed by atoms with van der Waals surface area (Å²) in [5, 5.41) is 6.21. The average Bonchev–Trinajstić information content (AvgIpc) is 3.16. The SMILES string of the molecule is CNCC1CCN(C(=O)c2cccc(-c3nc(C)cs3)c2)C1.Cl.Cl. The first-order valence-corrected chi connectivity index (χ1v) is 8.52. The summed E-state index contributed by atoms with van der Waals surface area (Å²) in [7, 11) is 1.96. The Morgan fingerprint density at radius 1 is 1.42 bits per heavy atom. The highest BCUT2D eigenvalue weighted by atomic mass is 35.5. The summed E-state index contributed by atoms with van der Waals surface area (Å²) >= 11 is 1.62. The summed E-state index contributed by atoms with van der Waals surface area (Å²) in [6.45, 7) is 4.66. The molecule has 0 bridgehead atoms. The van der Waals surface area contributed by atoms with Gasteiger partial charge < -0.3 is 10.2 Å². The van der Waals surface area contributed by atoms with Gasteiger partial charge in [-0.1, -0.05) is 12.1 Å². The summed E-state index contributed by atoms with van der Waals surface area (Å²) in [5.74, 6) is 0.701. The number of hydrogen-bond acceptors (Lipinski definition) is 4. The molecular formula is C17H23Cl2N3OS. The quantitative estimate of drug-likeness (QED) is 0.870. The van der Waals surface area contributed by atoms with E-state index in [9.17, 15) is 4.79 Å². The van der Waals surface area contributed by atoms with Crippen molar-refractivity contribution >= 4 is 42.1 Å². The van der Waals surface area contributed by atoms with Crippen LogP contribution >= 0.6 is 36.2 Å². The molecule has 0 saturated carbocycles. The minimum absolute atomic E-state index is 0. The Labute approximate surface area is 159 Å². The van der Waals surface area contributed by atoms with Crippen molar-refractivity contribution in [2.24, 2.45) is 5.92 Å². The summed E-state index contributed by atoms with van der Waals surface area (Å²) in [6, 6.07) is 7.83. The molecule has 1 amide bonds. The number of benzene rings is 1. The van der Waals surface area contributed by atoms with E-state index in [1.807, 2.05) is 48.5 Å². The van der Waals surface area contributed by atoms with E-state index in [-0.39, 0.29) is 30.7 Å². The van der Waals surface area contributed by atoms with Gasteiger partial charge in [-0.3, -0.25) is 4.79 Å².